The van der Waals surface area contributed by atoms with Gasteiger partial charge < -0.3 is 15.4 Å². The van der Waals surface area contributed by atoms with Gasteiger partial charge in [-0.05, 0) is 17.7 Å². The number of hydrogen-bond acceptors (Lipinski definition) is 3. The van der Waals surface area contributed by atoms with Crippen LogP contribution in [-0.2, 0) is 4.79 Å². The van der Waals surface area contributed by atoms with E-state index in [2.05, 4.69) is 0 Å². The number of ether oxygens (including phenoxy) is 1. The molecule has 2 aromatic carbocycles. The summed E-state index contributed by atoms with van der Waals surface area (Å²) in [6.07, 6.45) is 0.936. The molecular weight excluding hydrogens is 326 g/mol. The van der Waals surface area contributed by atoms with Crippen LogP contribution in [0.5, 0.6) is 5.75 Å². The highest BCUT2D eigenvalue weighted by atomic mass is 19.1. The minimum atomic E-state index is -0.718. The Bertz CT molecular complexity index is 731. The molecule has 0 spiro atoms. The van der Waals surface area contributed by atoms with Gasteiger partial charge >= 0.3 is 0 Å². The number of carbonyl (C=O) groups excluding carboxylic acids is 1. The second-order valence-electron chi connectivity index (χ2n) is 6.11. The lowest BCUT2D eigenvalue weighted by Crippen LogP contribution is -2.45. The van der Waals surface area contributed by atoms with Gasteiger partial charge in [0.25, 0.3) is 0 Å². The molecule has 25 heavy (non-hydrogen) atoms. The second kappa shape index (κ2) is 7.61. The van der Waals surface area contributed by atoms with E-state index in [1.807, 2.05) is 30.3 Å². The van der Waals surface area contributed by atoms with E-state index in [9.17, 15) is 13.6 Å². The van der Waals surface area contributed by atoms with Crippen LogP contribution in [0.3, 0.4) is 0 Å². The van der Waals surface area contributed by atoms with Crippen molar-refractivity contribution in [3.63, 3.8) is 0 Å². The summed E-state index contributed by atoms with van der Waals surface area (Å²) in [5, 5.41) is 0. The van der Waals surface area contributed by atoms with E-state index >= 15 is 0 Å². The van der Waals surface area contributed by atoms with Gasteiger partial charge in [-0.15, -0.1) is 0 Å². The van der Waals surface area contributed by atoms with Crippen molar-refractivity contribution < 1.29 is 18.3 Å². The van der Waals surface area contributed by atoms with Gasteiger partial charge in [-0.3, -0.25) is 4.79 Å². The summed E-state index contributed by atoms with van der Waals surface area (Å²) in [6.45, 7) is 0.986. The van der Waals surface area contributed by atoms with Crippen molar-refractivity contribution in [3.8, 4) is 5.75 Å². The summed E-state index contributed by atoms with van der Waals surface area (Å²) in [6, 6.07) is 11.8. The summed E-state index contributed by atoms with van der Waals surface area (Å²) >= 11 is 0. The molecule has 1 heterocycles. The molecule has 0 bridgehead atoms. The van der Waals surface area contributed by atoms with Crippen LogP contribution in [-0.4, -0.2) is 30.0 Å². The zero-order valence-corrected chi connectivity index (χ0v) is 13.7. The Morgan fingerprint density at radius 2 is 1.80 bits per heavy atom. The van der Waals surface area contributed by atoms with Crippen molar-refractivity contribution in [1.82, 2.24) is 4.90 Å². The van der Waals surface area contributed by atoms with Gasteiger partial charge in [-0.25, -0.2) is 8.78 Å². The maximum Gasteiger partial charge on any atom is 0.244 e. The topological polar surface area (TPSA) is 55.6 Å². The number of nitrogens with two attached hydrogens (primary N) is 1. The molecule has 0 aromatic heterocycles. The van der Waals surface area contributed by atoms with Gasteiger partial charge in [-0.2, -0.15) is 0 Å². The highest BCUT2D eigenvalue weighted by Gasteiger charge is 2.28. The largest absolute Gasteiger partial charge is 0.487 e. The predicted octanol–water partition coefficient (Wildman–Crippen LogP) is 3.03. The standard InChI is InChI=1S/C19H20F2N2O2/c20-14-6-7-17(16(21)12-14)25-15-8-10-23(11-9-15)19(24)18(22)13-4-2-1-3-5-13/h1-7,12,15,18H,8-11,22H2. The Morgan fingerprint density at radius 3 is 2.44 bits per heavy atom. The van der Waals surface area contributed by atoms with Crippen molar-refractivity contribution in [3.05, 3.63) is 65.7 Å². The maximum absolute atomic E-state index is 13.7. The molecule has 6 heteroatoms. The van der Waals surface area contributed by atoms with E-state index in [-0.39, 0.29) is 17.8 Å². The fraction of sp³-hybridized carbons (Fsp3) is 0.316. The summed E-state index contributed by atoms with van der Waals surface area (Å²) in [5.74, 6) is -1.45. The minimum absolute atomic E-state index is 0.0344. The molecule has 1 aliphatic heterocycles. The zero-order valence-electron chi connectivity index (χ0n) is 13.7. The third kappa shape index (κ3) is 4.14. The van der Waals surface area contributed by atoms with E-state index in [1.165, 1.54) is 6.07 Å². The van der Waals surface area contributed by atoms with E-state index in [1.54, 1.807) is 4.90 Å². The Kier molecular flexibility index (Phi) is 5.28. The van der Waals surface area contributed by atoms with Crippen LogP contribution in [0, 0.1) is 11.6 Å². The van der Waals surface area contributed by atoms with E-state index in [0.29, 0.717) is 25.9 Å². The molecule has 1 unspecified atom stereocenters. The molecular formula is C19H20F2N2O2. The lowest BCUT2D eigenvalue weighted by atomic mass is 10.0. The molecule has 1 aliphatic rings. The molecule has 0 radical (unpaired) electrons. The third-order valence-corrected chi connectivity index (χ3v) is 4.37. The van der Waals surface area contributed by atoms with Crippen molar-refractivity contribution >= 4 is 5.91 Å². The monoisotopic (exact) mass is 346 g/mol. The lowest BCUT2D eigenvalue weighted by molar-refractivity contribution is -0.134. The van der Waals surface area contributed by atoms with Gasteiger partial charge in [0.15, 0.2) is 11.6 Å². The molecule has 4 nitrogen and oxygen atoms in total. The number of carbonyl (C=O) groups is 1. The predicted molar refractivity (Wildman–Crippen MR) is 90.0 cm³/mol. The number of hydrogen-bond donors (Lipinski definition) is 1. The molecule has 0 saturated carbocycles. The van der Waals surface area contributed by atoms with E-state index in [0.717, 1.165) is 17.7 Å². The lowest BCUT2D eigenvalue weighted by Gasteiger charge is -2.33. The quantitative estimate of drug-likeness (QED) is 0.926. The first-order valence-corrected chi connectivity index (χ1v) is 8.25. The molecule has 1 amide bonds. The molecule has 2 N–H and O–H groups in total. The van der Waals surface area contributed by atoms with Gasteiger partial charge in [0, 0.05) is 32.0 Å². The number of halogens is 2. The first kappa shape index (κ1) is 17.4. The fourth-order valence-corrected chi connectivity index (χ4v) is 2.94. The molecule has 3 rings (SSSR count). The number of rotatable bonds is 4. The van der Waals surface area contributed by atoms with Crippen LogP contribution < -0.4 is 10.5 Å². The van der Waals surface area contributed by atoms with Crippen molar-refractivity contribution in [1.29, 1.82) is 0 Å². The van der Waals surface area contributed by atoms with Crippen LogP contribution in [0.2, 0.25) is 0 Å². The van der Waals surface area contributed by atoms with Gasteiger partial charge in [0.05, 0.1) is 0 Å². The van der Waals surface area contributed by atoms with Crippen LogP contribution >= 0.6 is 0 Å². The Labute approximate surface area is 145 Å². The molecule has 2 aromatic rings. The van der Waals surface area contributed by atoms with Crippen LogP contribution in [0.1, 0.15) is 24.4 Å². The Balaban J connectivity index is 1.55. The summed E-state index contributed by atoms with van der Waals surface area (Å²) in [7, 11) is 0. The van der Waals surface area contributed by atoms with Crippen molar-refractivity contribution in [2.24, 2.45) is 5.73 Å². The first-order valence-electron chi connectivity index (χ1n) is 8.25. The maximum atomic E-state index is 13.7. The number of nitrogens with zero attached hydrogens (tertiary/aromatic N) is 1. The number of amides is 1. The molecule has 0 aliphatic carbocycles. The van der Waals surface area contributed by atoms with Crippen LogP contribution in [0.15, 0.2) is 48.5 Å². The third-order valence-electron chi connectivity index (χ3n) is 4.37. The average molecular weight is 346 g/mol. The Hall–Kier alpha value is -2.47. The number of benzene rings is 2. The van der Waals surface area contributed by atoms with Crippen molar-refractivity contribution in [2.45, 2.75) is 25.0 Å². The second-order valence-corrected chi connectivity index (χ2v) is 6.11. The van der Waals surface area contributed by atoms with E-state index < -0.39 is 17.7 Å². The summed E-state index contributed by atoms with van der Waals surface area (Å²) in [5.41, 5.74) is 6.83. The average Bonchev–Trinajstić information content (AvgIpc) is 2.64. The van der Waals surface area contributed by atoms with Crippen LogP contribution in [0.4, 0.5) is 8.78 Å². The number of likely N-dealkylation sites (tertiary alicyclic amines) is 1. The van der Waals surface area contributed by atoms with Gasteiger partial charge in [0.2, 0.25) is 5.91 Å². The van der Waals surface area contributed by atoms with E-state index in [4.69, 9.17) is 10.5 Å². The van der Waals surface area contributed by atoms with Gasteiger partial charge in [-0.1, -0.05) is 30.3 Å². The zero-order chi connectivity index (χ0) is 17.8. The minimum Gasteiger partial charge on any atom is -0.487 e. The summed E-state index contributed by atoms with van der Waals surface area (Å²) in [4.78, 5) is 14.2. The molecule has 1 saturated heterocycles. The number of piperidine rings is 1. The highest BCUT2D eigenvalue weighted by molar-refractivity contribution is 5.83. The fourth-order valence-electron chi connectivity index (χ4n) is 2.94. The Morgan fingerprint density at radius 1 is 1.12 bits per heavy atom. The molecule has 132 valence electrons. The highest BCUT2D eigenvalue weighted by Crippen LogP contribution is 2.24. The summed E-state index contributed by atoms with van der Waals surface area (Å²) < 4.78 is 32.2. The van der Waals surface area contributed by atoms with Crippen LogP contribution in [0.25, 0.3) is 0 Å². The van der Waals surface area contributed by atoms with Crippen molar-refractivity contribution in [2.75, 3.05) is 13.1 Å². The molecule has 1 atom stereocenters. The normalized spacial score (nSPS) is 16.5. The van der Waals surface area contributed by atoms with Gasteiger partial charge in [0.1, 0.15) is 18.0 Å². The smallest absolute Gasteiger partial charge is 0.244 e. The SMILES string of the molecule is NC(C(=O)N1CCC(Oc2ccc(F)cc2F)CC1)c1ccccc1. The first-order chi connectivity index (χ1) is 12.0. The molecule has 1 fully saturated rings.